The van der Waals surface area contributed by atoms with Crippen LogP contribution >= 0.6 is 11.6 Å². The molecule has 0 bridgehead atoms. The third-order valence-corrected chi connectivity index (χ3v) is 3.60. The molecule has 0 saturated carbocycles. The number of aryl methyl sites for hydroxylation is 2. The Hall–Kier alpha value is -2.07. The van der Waals surface area contributed by atoms with Gasteiger partial charge >= 0.3 is 0 Å². The van der Waals surface area contributed by atoms with Gasteiger partial charge in [0.2, 0.25) is 0 Å². The highest BCUT2D eigenvalue weighted by atomic mass is 35.5. The minimum atomic E-state index is -0.374. The molecular weight excluding hydrogens is 294 g/mol. The number of fused-ring (bicyclic) bond motifs is 1. The van der Waals surface area contributed by atoms with Gasteiger partial charge in [0.25, 0.3) is 0 Å². The van der Waals surface area contributed by atoms with Crippen molar-refractivity contribution in [3.05, 3.63) is 58.2 Å². The van der Waals surface area contributed by atoms with Crippen LogP contribution in [-0.2, 0) is 0 Å². The maximum absolute atomic E-state index is 13.7. The first-order valence-electron chi connectivity index (χ1n) is 6.35. The lowest BCUT2D eigenvalue weighted by molar-refractivity contribution is 0.620. The summed E-state index contributed by atoms with van der Waals surface area (Å²) in [5, 5.41) is 0.799. The molecule has 0 N–H and O–H groups in total. The van der Waals surface area contributed by atoms with Crippen LogP contribution in [-0.4, -0.2) is 9.97 Å². The van der Waals surface area contributed by atoms with Gasteiger partial charge in [0.15, 0.2) is 5.82 Å². The first-order valence-corrected chi connectivity index (χ1v) is 6.73. The zero-order chi connectivity index (χ0) is 15.1. The Kier molecular flexibility index (Phi) is 3.33. The standard InChI is InChI=1S/C16H11ClF2N2/c1-8-5-10(7-11(18)6-8)16-20-14-9(2)13(19)4-3-12(14)15(17)21-16/h3-7H,1-2H3. The monoisotopic (exact) mass is 304 g/mol. The second kappa shape index (κ2) is 5.04. The minimum Gasteiger partial charge on any atom is -0.228 e. The summed E-state index contributed by atoms with van der Waals surface area (Å²) in [7, 11) is 0. The summed E-state index contributed by atoms with van der Waals surface area (Å²) in [4.78, 5) is 8.54. The number of hydrogen-bond acceptors (Lipinski definition) is 2. The fraction of sp³-hybridized carbons (Fsp3) is 0.125. The summed E-state index contributed by atoms with van der Waals surface area (Å²) in [5.74, 6) is -0.455. The molecule has 1 heterocycles. The minimum absolute atomic E-state index is 0.222. The van der Waals surface area contributed by atoms with Crippen molar-refractivity contribution in [2.75, 3.05) is 0 Å². The molecule has 0 unspecified atom stereocenters. The predicted octanol–water partition coefficient (Wildman–Crippen LogP) is 4.85. The van der Waals surface area contributed by atoms with Crippen molar-refractivity contribution in [3.63, 3.8) is 0 Å². The Morgan fingerprint density at radius 1 is 1.00 bits per heavy atom. The molecule has 21 heavy (non-hydrogen) atoms. The van der Waals surface area contributed by atoms with E-state index in [1.807, 2.05) is 0 Å². The Balaban J connectivity index is 2.31. The molecule has 0 saturated heterocycles. The Bertz CT molecular complexity index is 842. The van der Waals surface area contributed by atoms with Crippen LogP contribution in [0, 0.1) is 25.5 Å². The maximum Gasteiger partial charge on any atom is 0.161 e. The smallest absolute Gasteiger partial charge is 0.161 e. The van der Waals surface area contributed by atoms with Gasteiger partial charge in [0, 0.05) is 16.5 Å². The van der Waals surface area contributed by atoms with Crippen LogP contribution in [0.4, 0.5) is 8.78 Å². The topological polar surface area (TPSA) is 25.8 Å². The Morgan fingerprint density at radius 3 is 2.48 bits per heavy atom. The van der Waals surface area contributed by atoms with Gasteiger partial charge in [-0.2, -0.15) is 0 Å². The molecule has 5 heteroatoms. The molecule has 0 fully saturated rings. The van der Waals surface area contributed by atoms with Crippen molar-refractivity contribution in [1.82, 2.24) is 9.97 Å². The van der Waals surface area contributed by atoms with Gasteiger partial charge in [-0.25, -0.2) is 18.7 Å². The maximum atomic E-state index is 13.7. The van der Waals surface area contributed by atoms with E-state index in [2.05, 4.69) is 9.97 Å². The molecule has 0 atom stereocenters. The van der Waals surface area contributed by atoms with Crippen molar-refractivity contribution in [2.45, 2.75) is 13.8 Å². The number of benzene rings is 2. The third-order valence-electron chi connectivity index (χ3n) is 3.31. The SMILES string of the molecule is Cc1cc(F)cc(-c2nc(Cl)c3ccc(F)c(C)c3n2)c1. The summed E-state index contributed by atoms with van der Waals surface area (Å²) in [6.07, 6.45) is 0. The van der Waals surface area contributed by atoms with Crippen LogP contribution in [0.15, 0.2) is 30.3 Å². The van der Waals surface area contributed by atoms with Gasteiger partial charge < -0.3 is 0 Å². The zero-order valence-electron chi connectivity index (χ0n) is 11.4. The molecule has 2 aromatic carbocycles. The van der Waals surface area contributed by atoms with Crippen LogP contribution < -0.4 is 0 Å². The average molecular weight is 305 g/mol. The lowest BCUT2D eigenvalue weighted by atomic mass is 10.1. The molecule has 3 aromatic rings. The third kappa shape index (κ3) is 2.47. The van der Waals surface area contributed by atoms with Crippen molar-refractivity contribution in [1.29, 1.82) is 0 Å². The molecule has 2 nitrogen and oxygen atoms in total. The van der Waals surface area contributed by atoms with Gasteiger partial charge in [0.1, 0.15) is 16.8 Å². The first-order chi connectivity index (χ1) is 9.95. The number of hydrogen-bond donors (Lipinski definition) is 0. The van der Waals surface area contributed by atoms with E-state index in [0.29, 0.717) is 22.0 Å². The highest BCUT2D eigenvalue weighted by molar-refractivity contribution is 6.34. The van der Waals surface area contributed by atoms with Crippen LogP contribution in [0.2, 0.25) is 5.15 Å². The lowest BCUT2D eigenvalue weighted by Gasteiger charge is -2.08. The zero-order valence-corrected chi connectivity index (χ0v) is 12.2. The highest BCUT2D eigenvalue weighted by Gasteiger charge is 2.13. The van der Waals surface area contributed by atoms with Crippen LogP contribution in [0.5, 0.6) is 0 Å². The first kappa shape index (κ1) is 13.9. The molecule has 0 spiro atoms. The molecule has 1 aromatic heterocycles. The average Bonchev–Trinajstić information content (AvgIpc) is 2.42. The molecule has 106 valence electrons. The fourth-order valence-corrected chi connectivity index (χ4v) is 2.50. The fourth-order valence-electron chi connectivity index (χ4n) is 2.26. The summed E-state index contributed by atoms with van der Waals surface area (Å²) < 4.78 is 27.2. The number of aromatic nitrogens is 2. The second-order valence-electron chi connectivity index (χ2n) is 4.92. The van der Waals surface area contributed by atoms with E-state index in [9.17, 15) is 8.78 Å². The molecule has 0 radical (unpaired) electrons. The summed E-state index contributed by atoms with van der Waals surface area (Å²) in [5.41, 5.74) is 2.10. The van der Waals surface area contributed by atoms with Crippen LogP contribution in [0.1, 0.15) is 11.1 Å². The van der Waals surface area contributed by atoms with Crippen molar-refractivity contribution in [3.8, 4) is 11.4 Å². The van der Waals surface area contributed by atoms with E-state index >= 15 is 0 Å². The molecule has 3 rings (SSSR count). The van der Waals surface area contributed by atoms with E-state index in [4.69, 9.17) is 11.6 Å². The molecule has 0 aliphatic rings. The highest BCUT2D eigenvalue weighted by Crippen LogP contribution is 2.28. The Morgan fingerprint density at radius 2 is 1.76 bits per heavy atom. The van der Waals surface area contributed by atoms with Crippen LogP contribution in [0.25, 0.3) is 22.3 Å². The molecule has 0 aliphatic heterocycles. The van der Waals surface area contributed by atoms with Gasteiger partial charge in [-0.1, -0.05) is 11.6 Å². The number of rotatable bonds is 1. The van der Waals surface area contributed by atoms with Crippen molar-refractivity contribution < 1.29 is 8.78 Å². The second-order valence-corrected chi connectivity index (χ2v) is 5.28. The molecule has 0 amide bonds. The predicted molar refractivity (Wildman–Crippen MR) is 79.4 cm³/mol. The van der Waals surface area contributed by atoms with E-state index in [-0.39, 0.29) is 22.6 Å². The van der Waals surface area contributed by atoms with E-state index in [1.165, 1.54) is 18.2 Å². The van der Waals surface area contributed by atoms with Crippen LogP contribution in [0.3, 0.4) is 0 Å². The van der Waals surface area contributed by atoms with Crippen molar-refractivity contribution in [2.24, 2.45) is 0 Å². The lowest BCUT2D eigenvalue weighted by Crippen LogP contribution is -1.96. The van der Waals surface area contributed by atoms with E-state index in [0.717, 1.165) is 5.56 Å². The summed E-state index contributed by atoms with van der Waals surface area (Å²) in [6, 6.07) is 7.38. The van der Waals surface area contributed by atoms with E-state index < -0.39 is 0 Å². The number of halogens is 3. The van der Waals surface area contributed by atoms with Gasteiger partial charge in [-0.15, -0.1) is 0 Å². The van der Waals surface area contributed by atoms with E-state index in [1.54, 1.807) is 26.0 Å². The summed E-state index contributed by atoms with van der Waals surface area (Å²) in [6.45, 7) is 3.40. The Labute approximate surface area is 125 Å². The number of nitrogens with zero attached hydrogens (tertiary/aromatic N) is 2. The molecular formula is C16H11ClF2N2. The quantitative estimate of drug-likeness (QED) is 0.601. The van der Waals surface area contributed by atoms with Gasteiger partial charge in [0.05, 0.1) is 5.52 Å². The summed E-state index contributed by atoms with van der Waals surface area (Å²) >= 11 is 6.15. The largest absolute Gasteiger partial charge is 0.228 e. The normalized spacial score (nSPS) is 11.1. The van der Waals surface area contributed by atoms with Gasteiger partial charge in [-0.3, -0.25) is 0 Å². The van der Waals surface area contributed by atoms with Crippen molar-refractivity contribution >= 4 is 22.5 Å². The molecule has 0 aliphatic carbocycles. The van der Waals surface area contributed by atoms with Gasteiger partial charge in [-0.05, 0) is 49.7 Å².